The second-order valence-electron chi connectivity index (χ2n) is 6.75. The highest BCUT2D eigenvalue weighted by atomic mass is 14.9. The fraction of sp³-hybridized carbons (Fsp3) is 0.684. The Morgan fingerprint density at radius 2 is 1.60 bits per heavy atom. The van der Waals surface area contributed by atoms with Gasteiger partial charge in [0.15, 0.2) is 0 Å². The Labute approximate surface area is 125 Å². The zero-order valence-electron chi connectivity index (χ0n) is 13.5. The van der Waals surface area contributed by atoms with Crippen molar-refractivity contribution < 1.29 is 0 Å². The Kier molecular flexibility index (Phi) is 5.65. The molecule has 0 amide bonds. The third-order valence-corrected chi connectivity index (χ3v) is 4.96. The molecular formula is C19H31N. The maximum absolute atomic E-state index is 3.62. The molecule has 0 unspecified atom stereocenters. The minimum absolute atomic E-state index is 0.377. The number of hydrogen-bond acceptors (Lipinski definition) is 1. The molecule has 0 aromatic heterocycles. The van der Waals surface area contributed by atoms with Gasteiger partial charge in [-0.15, -0.1) is 0 Å². The van der Waals surface area contributed by atoms with Gasteiger partial charge in [-0.3, -0.25) is 0 Å². The lowest BCUT2D eigenvalue weighted by Crippen LogP contribution is -2.38. The standard InChI is InChI=1S/C19H31N/c1-4-20-15-19(13-7-5-6-8-14-19)18-11-9-17(10-12-18)16(2)3/h9-12,16,20H,4-8,13-15H2,1-3H3. The zero-order valence-corrected chi connectivity index (χ0v) is 13.5. The third kappa shape index (κ3) is 3.63. The van der Waals surface area contributed by atoms with E-state index in [1.807, 2.05) is 0 Å². The minimum Gasteiger partial charge on any atom is -0.316 e. The lowest BCUT2D eigenvalue weighted by molar-refractivity contribution is 0.350. The molecule has 112 valence electrons. The van der Waals surface area contributed by atoms with Crippen molar-refractivity contribution in [3.63, 3.8) is 0 Å². The van der Waals surface area contributed by atoms with Gasteiger partial charge in [-0.2, -0.15) is 0 Å². The Bertz CT molecular complexity index is 383. The van der Waals surface area contributed by atoms with Gasteiger partial charge in [0.25, 0.3) is 0 Å². The smallest absolute Gasteiger partial charge is 0.00777 e. The predicted octanol–water partition coefficient (Wildman–Crippen LogP) is 5.01. The molecule has 1 saturated carbocycles. The van der Waals surface area contributed by atoms with Crippen LogP contribution in [0.3, 0.4) is 0 Å². The third-order valence-electron chi connectivity index (χ3n) is 4.96. The molecule has 0 aliphatic heterocycles. The molecule has 0 heterocycles. The monoisotopic (exact) mass is 273 g/mol. The molecule has 0 atom stereocenters. The van der Waals surface area contributed by atoms with Crippen LogP contribution in [0.15, 0.2) is 24.3 Å². The van der Waals surface area contributed by atoms with Crippen LogP contribution in [0.2, 0.25) is 0 Å². The maximum atomic E-state index is 3.62. The lowest BCUT2D eigenvalue weighted by Gasteiger charge is -2.34. The first-order chi connectivity index (χ1) is 9.68. The molecule has 1 aliphatic carbocycles. The summed E-state index contributed by atoms with van der Waals surface area (Å²) in [4.78, 5) is 0. The number of hydrogen-bond donors (Lipinski definition) is 1. The van der Waals surface area contributed by atoms with Crippen molar-refractivity contribution in [2.24, 2.45) is 0 Å². The summed E-state index contributed by atoms with van der Waals surface area (Å²) < 4.78 is 0. The van der Waals surface area contributed by atoms with Gasteiger partial charge in [0, 0.05) is 12.0 Å². The van der Waals surface area contributed by atoms with Gasteiger partial charge in [-0.25, -0.2) is 0 Å². The van der Waals surface area contributed by atoms with Crippen molar-refractivity contribution in [2.45, 2.75) is 70.6 Å². The molecular weight excluding hydrogens is 242 g/mol. The van der Waals surface area contributed by atoms with Crippen molar-refractivity contribution in [3.8, 4) is 0 Å². The summed E-state index contributed by atoms with van der Waals surface area (Å²) in [5.74, 6) is 0.628. The fourth-order valence-electron chi connectivity index (χ4n) is 3.56. The SMILES string of the molecule is CCNCC1(c2ccc(C(C)C)cc2)CCCCCC1. The molecule has 1 aliphatic rings. The molecule has 0 bridgehead atoms. The van der Waals surface area contributed by atoms with Crippen LogP contribution in [0.5, 0.6) is 0 Å². The van der Waals surface area contributed by atoms with Crippen molar-refractivity contribution in [3.05, 3.63) is 35.4 Å². The van der Waals surface area contributed by atoms with Crippen LogP contribution < -0.4 is 5.32 Å². The van der Waals surface area contributed by atoms with E-state index in [2.05, 4.69) is 50.4 Å². The highest BCUT2D eigenvalue weighted by molar-refractivity contribution is 5.31. The average Bonchev–Trinajstić information content (AvgIpc) is 2.72. The summed E-state index contributed by atoms with van der Waals surface area (Å²) in [5, 5.41) is 3.62. The molecule has 1 fully saturated rings. The van der Waals surface area contributed by atoms with Crippen LogP contribution in [0.25, 0.3) is 0 Å². The van der Waals surface area contributed by atoms with Crippen molar-refractivity contribution in [2.75, 3.05) is 13.1 Å². The molecule has 20 heavy (non-hydrogen) atoms. The summed E-state index contributed by atoms with van der Waals surface area (Å²) >= 11 is 0. The Hall–Kier alpha value is -0.820. The van der Waals surface area contributed by atoms with Crippen LogP contribution in [0, 0.1) is 0 Å². The summed E-state index contributed by atoms with van der Waals surface area (Å²) in [6.45, 7) is 8.98. The molecule has 1 aromatic carbocycles. The van der Waals surface area contributed by atoms with Gasteiger partial charge >= 0.3 is 0 Å². The second kappa shape index (κ2) is 7.26. The summed E-state index contributed by atoms with van der Waals surface area (Å²) in [5.41, 5.74) is 3.40. The molecule has 1 N–H and O–H groups in total. The zero-order chi connectivity index (χ0) is 14.4. The number of rotatable bonds is 5. The average molecular weight is 273 g/mol. The molecule has 0 radical (unpaired) electrons. The fourth-order valence-corrected chi connectivity index (χ4v) is 3.56. The summed E-state index contributed by atoms with van der Waals surface area (Å²) in [7, 11) is 0. The minimum atomic E-state index is 0.377. The van der Waals surface area contributed by atoms with Gasteiger partial charge in [0.2, 0.25) is 0 Å². The second-order valence-corrected chi connectivity index (χ2v) is 6.75. The van der Waals surface area contributed by atoms with E-state index in [-0.39, 0.29) is 0 Å². The molecule has 1 aromatic rings. The van der Waals surface area contributed by atoms with Gasteiger partial charge in [-0.1, -0.05) is 70.7 Å². The van der Waals surface area contributed by atoms with Crippen LogP contribution in [-0.2, 0) is 5.41 Å². The van der Waals surface area contributed by atoms with Crippen LogP contribution in [0.1, 0.15) is 76.3 Å². The van der Waals surface area contributed by atoms with E-state index >= 15 is 0 Å². The Balaban J connectivity index is 2.24. The summed E-state index contributed by atoms with van der Waals surface area (Å²) in [6, 6.07) is 9.49. The van der Waals surface area contributed by atoms with Crippen molar-refractivity contribution in [1.29, 1.82) is 0 Å². The Morgan fingerprint density at radius 3 is 2.10 bits per heavy atom. The molecule has 0 spiro atoms. The molecule has 1 heteroatoms. The van der Waals surface area contributed by atoms with Crippen LogP contribution in [-0.4, -0.2) is 13.1 Å². The topological polar surface area (TPSA) is 12.0 Å². The Morgan fingerprint density at radius 1 is 1.00 bits per heavy atom. The summed E-state index contributed by atoms with van der Waals surface area (Å²) in [6.07, 6.45) is 8.30. The number of nitrogens with one attached hydrogen (secondary N) is 1. The molecule has 0 saturated heterocycles. The molecule has 1 nitrogen and oxygen atoms in total. The lowest BCUT2D eigenvalue weighted by atomic mass is 9.74. The van der Waals surface area contributed by atoms with Gasteiger partial charge in [0.1, 0.15) is 0 Å². The largest absolute Gasteiger partial charge is 0.316 e. The van der Waals surface area contributed by atoms with E-state index in [9.17, 15) is 0 Å². The van der Waals surface area contributed by atoms with E-state index in [4.69, 9.17) is 0 Å². The van der Waals surface area contributed by atoms with E-state index in [0.29, 0.717) is 11.3 Å². The van der Waals surface area contributed by atoms with Crippen LogP contribution >= 0.6 is 0 Å². The van der Waals surface area contributed by atoms with E-state index in [1.54, 1.807) is 5.56 Å². The van der Waals surface area contributed by atoms with Crippen molar-refractivity contribution in [1.82, 2.24) is 5.32 Å². The van der Waals surface area contributed by atoms with E-state index in [1.165, 1.54) is 44.1 Å². The number of benzene rings is 1. The maximum Gasteiger partial charge on any atom is 0.00777 e. The normalized spacial score (nSPS) is 19.0. The highest BCUT2D eigenvalue weighted by Gasteiger charge is 2.32. The highest BCUT2D eigenvalue weighted by Crippen LogP contribution is 2.38. The van der Waals surface area contributed by atoms with Crippen LogP contribution in [0.4, 0.5) is 0 Å². The molecule has 2 rings (SSSR count). The first-order valence-corrected chi connectivity index (χ1v) is 8.49. The predicted molar refractivity (Wildman–Crippen MR) is 88.5 cm³/mol. The number of likely N-dealkylation sites (N-methyl/N-ethyl adjacent to an activating group) is 1. The van der Waals surface area contributed by atoms with Gasteiger partial charge in [-0.05, 0) is 36.4 Å². The van der Waals surface area contributed by atoms with Gasteiger partial charge < -0.3 is 5.32 Å². The van der Waals surface area contributed by atoms with E-state index < -0.39 is 0 Å². The first-order valence-electron chi connectivity index (χ1n) is 8.49. The van der Waals surface area contributed by atoms with Gasteiger partial charge in [0.05, 0.1) is 0 Å². The van der Waals surface area contributed by atoms with Crippen molar-refractivity contribution >= 4 is 0 Å². The quantitative estimate of drug-likeness (QED) is 0.743. The van der Waals surface area contributed by atoms with E-state index in [0.717, 1.165) is 13.1 Å². The first kappa shape index (κ1) is 15.6.